The summed E-state index contributed by atoms with van der Waals surface area (Å²) >= 11 is 0. The number of hydrogen-bond donors (Lipinski definition) is 5. The summed E-state index contributed by atoms with van der Waals surface area (Å²) in [6, 6.07) is -1.23. The van der Waals surface area contributed by atoms with E-state index in [0.29, 0.717) is 13.2 Å². The number of nitrogens with zero attached hydrogens (tertiary/aromatic N) is 2. The monoisotopic (exact) mass is 596 g/mol. The predicted octanol–water partition coefficient (Wildman–Crippen LogP) is 1.13. The van der Waals surface area contributed by atoms with Crippen molar-refractivity contribution in [3.05, 3.63) is 45.2 Å². The second-order valence-corrected chi connectivity index (χ2v) is 12.3. The summed E-state index contributed by atoms with van der Waals surface area (Å²) in [6.07, 6.45) is -5.71. The number of nitrogens with two attached hydrogens (primary N) is 1. The molecule has 0 bridgehead atoms. The number of alkyl halides is 3. The van der Waals surface area contributed by atoms with Crippen LogP contribution in [0.15, 0.2) is 23.0 Å². The molecular formula is C28H33F3N3O8+. The molecule has 0 aromatic heterocycles. The van der Waals surface area contributed by atoms with Gasteiger partial charge in [0.25, 0.3) is 5.91 Å². The molecule has 1 heterocycles. The van der Waals surface area contributed by atoms with Gasteiger partial charge in [0.2, 0.25) is 5.78 Å². The lowest BCUT2D eigenvalue weighted by molar-refractivity contribution is -0.929. The molecule has 1 saturated carbocycles. The van der Waals surface area contributed by atoms with Gasteiger partial charge in [0.1, 0.15) is 42.0 Å². The molecule has 2 fully saturated rings. The second-order valence-electron chi connectivity index (χ2n) is 12.3. The Labute approximate surface area is 238 Å². The van der Waals surface area contributed by atoms with Crippen LogP contribution in [0.25, 0.3) is 5.76 Å². The highest BCUT2D eigenvalue weighted by molar-refractivity contribution is 6.24. The van der Waals surface area contributed by atoms with Crippen LogP contribution >= 0.6 is 0 Å². The van der Waals surface area contributed by atoms with E-state index in [1.54, 1.807) is 14.1 Å². The van der Waals surface area contributed by atoms with Gasteiger partial charge in [-0.05, 0) is 44.5 Å². The molecule has 1 aromatic rings. The summed E-state index contributed by atoms with van der Waals surface area (Å²) in [6.45, 7) is 0.712. The number of carbonyl (C=O) groups is 3. The number of carbonyl (C=O) groups excluding carboxylic acids is 3. The smallest absolute Gasteiger partial charge is 0.417 e. The van der Waals surface area contributed by atoms with Crippen molar-refractivity contribution < 1.29 is 57.2 Å². The first-order valence-corrected chi connectivity index (χ1v) is 13.4. The van der Waals surface area contributed by atoms with Gasteiger partial charge >= 0.3 is 6.18 Å². The largest absolute Gasteiger partial charge is 0.508 e. The quantitative estimate of drug-likeness (QED) is 0.254. The molecule has 0 radical (unpaired) electrons. The summed E-state index contributed by atoms with van der Waals surface area (Å²) in [5, 5.41) is 44.9. The van der Waals surface area contributed by atoms with Crippen molar-refractivity contribution >= 4 is 23.2 Å². The third kappa shape index (κ3) is 4.07. The van der Waals surface area contributed by atoms with E-state index in [1.807, 2.05) is 0 Å². The van der Waals surface area contributed by atoms with Gasteiger partial charge in [-0.25, -0.2) is 0 Å². The van der Waals surface area contributed by atoms with Gasteiger partial charge < -0.3 is 35.4 Å². The summed E-state index contributed by atoms with van der Waals surface area (Å²) in [7, 11) is 6.38. The fourth-order valence-electron chi connectivity index (χ4n) is 7.26. The Kier molecular flexibility index (Phi) is 6.81. The topological polar surface area (TPSA) is 171 Å². The number of primary amides is 1. The molecule has 1 amide bonds. The maximum Gasteiger partial charge on any atom is 0.417 e. The van der Waals surface area contributed by atoms with E-state index in [0.717, 1.165) is 6.07 Å². The zero-order valence-electron chi connectivity index (χ0n) is 23.4. The molecule has 0 spiro atoms. The third-order valence-corrected chi connectivity index (χ3v) is 9.33. The summed E-state index contributed by atoms with van der Waals surface area (Å²) < 4.78 is 50.2. The first kappa shape index (κ1) is 30.0. The Morgan fingerprint density at radius 2 is 1.83 bits per heavy atom. The normalized spacial score (nSPS) is 31.2. The van der Waals surface area contributed by atoms with E-state index >= 15 is 0 Å². The van der Waals surface area contributed by atoms with Crippen LogP contribution in [0.5, 0.6) is 5.75 Å². The Morgan fingerprint density at radius 1 is 1.19 bits per heavy atom. The van der Waals surface area contributed by atoms with E-state index in [1.165, 1.54) is 19.0 Å². The first-order valence-electron chi connectivity index (χ1n) is 13.4. The van der Waals surface area contributed by atoms with E-state index in [9.17, 15) is 48.0 Å². The fraction of sp³-hybridized carbons (Fsp3) is 0.536. The molecule has 5 unspecified atom stereocenters. The standard InChI is InChI=1S/C28H32F3N3O8/c1-33(2)21-14-8-11-7-13-18(22(36)17(11)24(38)27(14,41)25(39)19(23(21)37)26(32)40)16(35)9-12(20(13)28(29,30)31)15-10-42-6-5-34(15,3)4/h9,11,14-15,21,41H,5-8,10H2,1-4H3,(H4-,32,35,36,37,38,39,40)/p+1. The van der Waals surface area contributed by atoms with Gasteiger partial charge in [0, 0.05) is 17.1 Å². The van der Waals surface area contributed by atoms with Crippen LogP contribution in [0, 0.1) is 11.8 Å². The molecule has 1 saturated heterocycles. The van der Waals surface area contributed by atoms with Crippen molar-refractivity contribution in [1.82, 2.24) is 4.90 Å². The lowest BCUT2D eigenvalue weighted by Crippen LogP contribution is -2.65. The molecule has 3 aliphatic carbocycles. The number of rotatable bonds is 3. The number of halogens is 3. The van der Waals surface area contributed by atoms with Crippen LogP contribution in [0.2, 0.25) is 0 Å². The van der Waals surface area contributed by atoms with Gasteiger partial charge in [0.05, 0.1) is 37.9 Å². The number of aromatic hydroxyl groups is 1. The average Bonchev–Trinajstić information content (AvgIpc) is 2.84. The zero-order chi connectivity index (χ0) is 31.3. The van der Waals surface area contributed by atoms with Crippen molar-refractivity contribution in [2.75, 3.05) is 47.9 Å². The van der Waals surface area contributed by atoms with Gasteiger partial charge in [-0.2, -0.15) is 13.2 Å². The highest BCUT2D eigenvalue weighted by Crippen LogP contribution is 2.55. The number of likely N-dealkylation sites (N-methyl/N-ethyl adjacent to an activating group) is 2. The second kappa shape index (κ2) is 9.53. The zero-order valence-corrected chi connectivity index (χ0v) is 23.4. The molecular weight excluding hydrogens is 563 g/mol. The number of benzene rings is 1. The number of aliphatic hydroxyl groups is 3. The molecule has 1 aliphatic heterocycles. The lowest BCUT2D eigenvalue weighted by atomic mass is 9.57. The Bertz CT molecular complexity index is 1480. The number of ether oxygens (including phenoxy) is 1. The predicted molar refractivity (Wildman–Crippen MR) is 140 cm³/mol. The van der Waals surface area contributed by atoms with Gasteiger partial charge in [-0.15, -0.1) is 0 Å². The first-order chi connectivity index (χ1) is 19.4. The number of hydrogen-bond acceptors (Lipinski definition) is 9. The van der Waals surface area contributed by atoms with Gasteiger partial charge in [-0.1, -0.05) is 0 Å². The number of fused-ring (bicyclic) bond motifs is 3. The highest BCUT2D eigenvalue weighted by atomic mass is 19.4. The molecule has 5 rings (SSSR count). The third-order valence-electron chi connectivity index (χ3n) is 9.33. The van der Waals surface area contributed by atoms with Crippen molar-refractivity contribution in [3.63, 3.8) is 0 Å². The van der Waals surface area contributed by atoms with E-state index < -0.39 is 105 Å². The minimum atomic E-state index is -4.92. The molecule has 42 heavy (non-hydrogen) atoms. The fourth-order valence-corrected chi connectivity index (χ4v) is 7.26. The number of ketones is 2. The van der Waals surface area contributed by atoms with Crippen molar-refractivity contribution in [3.8, 4) is 5.75 Å². The molecule has 5 atom stereocenters. The minimum Gasteiger partial charge on any atom is -0.508 e. The molecule has 4 aliphatic rings. The number of quaternary nitrogens is 1. The lowest BCUT2D eigenvalue weighted by Gasteiger charge is -2.50. The summed E-state index contributed by atoms with van der Waals surface area (Å²) in [5.74, 6) is -9.11. The van der Waals surface area contributed by atoms with E-state index in [-0.39, 0.29) is 23.1 Å². The number of phenolic OH excluding ortho intramolecular Hbond substituents is 1. The SMILES string of the molecule is CN(C)C1C(=O)C(C(N)=O)=C(O)C2(O)C(=O)C3=C(O)c4c(O)cc(C5COCC[N+]5(C)C)c(C(F)(F)F)c4CC3CC12. The van der Waals surface area contributed by atoms with Crippen LogP contribution in [-0.4, -0.2) is 107 Å². The number of aliphatic hydroxyl groups excluding tert-OH is 2. The number of amides is 1. The maximum absolute atomic E-state index is 14.9. The number of phenols is 1. The molecule has 14 heteroatoms. The van der Waals surface area contributed by atoms with E-state index in [2.05, 4.69) is 0 Å². The minimum absolute atomic E-state index is 0.0428. The summed E-state index contributed by atoms with van der Waals surface area (Å²) in [5.41, 5.74) is -1.38. The molecule has 1 aromatic carbocycles. The Hall–Kier alpha value is -3.46. The van der Waals surface area contributed by atoms with E-state index in [4.69, 9.17) is 10.5 Å². The summed E-state index contributed by atoms with van der Waals surface area (Å²) in [4.78, 5) is 40.5. The van der Waals surface area contributed by atoms with Crippen molar-refractivity contribution in [1.29, 1.82) is 0 Å². The number of morpholine rings is 1. The van der Waals surface area contributed by atoms with Crippen LogP contribution in [-0.2, 0) is 31.7 Å². The molecule has 11 nitrogen and oxygen atoms in total. The van der Waals surface area contributed by atoms with Gasteiger partial charge in [-0.3, -0.25) is 19.3 Å². The van der Waals surface area contributed by atoms with Crippen LogP contribution in [0.3, 0.4) is 0 Å². The van der Waals surface area contributed by atoms with Gasteiger partial charge in [0.15, 0.2) is 11.4 Å². The highest BCUT2D eigenvalue weighted by Gasteiger charge is 2.64. The van der Waals surface area contributed by atoms with Crippen molar-refractivity contribution in [2.45, 2.75) is 36.7 Å². The van der Waals surface area contributed by atoms with Crippen LogP contribution in [0.1, 0.15) is 34.7 Å². The average molecular weight is 597 g/mol. The van der Waals surface area contributed by atoms with Crippen LogP contribution in [0.4, 0.5) is 13.2 Å². The Morgan fingerprint density at radius 3 is 2.38 bits per heavy atom. The molecule has 6 N–H and O–H groups in total. The van der Waals surface area contributed by atoms with Crippen molar-refractivity contribution in [2.24, 2.45) is 17.6 Å². The molecule has 228 valence electrons. The Balaban J connectivity index is 1.77. The maximum atomic E-state index is 14.9. The number of Topliss-reactive ketones (excluding diaryl/α,β-unsaturated/α-hetero) is 2. The van der Waals surface area contributed by atoms with Crippen LogP contribution < -0.4 is 5.73 Å².